The first kappa shape index (κ1) is 18.5. The van der Waals surface area contributed by atoms with Crippen LogP contribution in [0.1, 0.15) is 53.9 Å². The van der Waals surface area contributed by atoms with E-state index in [0.29, 0.717) is 12.8 Å². The van der Waals surface area contributed by atoms with Crippen LogP contribution in [-0.2, 0) is 9.53 Å². The average Bonchev–Trinajstić information content (AvgIpc) is 2.10. The molecule has 0 rings (SSSR count). The summed E-state index contributed by atoms with van der Waals surface area (Å²) in [7, 11) is 0. The summed E-state index contributed by atoms with van der Waals surface area (Å²) in [5.41, 5.74) is -1.48. The molecule has 0 saturated carbocycles. The fraction of sp³-hybridized carbons (Fsp3) is 0.733. The van der Waals surface area contributed by atoms with Crippen molar-refractivity contribution in [2.24, 2.45) is 5.92 Å². The maximum atomic E-state index is 12.0. The molecule has 0 aliphatic heterocycles. The van der Waals surface area contributed by atoms with Crippen LogP contribution in [0.25, 0.3) is 0 Å². The summed E-state index contributed by atoms with van der Waals surface area (Å²) in [5.74, 6) is -0.715. The average molecular weight is 285 g/mol. The number of nitrogens with one attached hydrogen (secondary N) is 1. The van der Waals surface area contributed by atoms with Crippen LogP contribution in [-0.4, -0.2) is 28.3 Å². The molecule has 0 fully saturated rings. The highest BCUT2D eigenvalue weighted by Gasteiger charge is 2.35. The highest BCUT2D eigenvalue weighted by molar-refractivity contribution is 5.73. The summed E-state index contributed by atoms with van der Waals surface area (Å²) < 4.78 is 5.23. The molecule has 0 aromatic rings. The van der Waals surface area contributed by atoms with Crippen molar-refractivity contribution in [2.75, 3.05) is 0 Å². The fourth-order valence-corrected chi connectivity index (χ4v) is 2.24. The molecule has 1 amide bonds. The van der Waals surface area contributed by atoms with Crippen molar-refractivity contribution < 1.29 is 19.4 Å². The number of amides is 1. The molecule has 0 radical (unpaired) electrons. The predicted octanol–water partition coefficient (Wildman–Crippen LogP) is 3.35. The Hall–Kier alpha value is -1.52. The third-order valence-corrected chi connectivity index (χ3v) is 2.59. The van der Waals surface area contributed by atoms with Crippen LogP contribution < -0.4 is 5.32 Å². The van der Waals surface area contributed by atoms with E-state index in [1.54, 1.807) is 26.8 Å². The van der Waals surface area contributed by atoms with Gasteiger partial charge in [-0.15, -0.1) is 6.58 Å². The maximum absolute atomic E-state index is 12.0. The molecule has 0 aliphatic carbocycles. The van der Waals surface area contributed by atoms with E-state index in [-0.39, 0.29) is 12.3 Å². The number of carboxylic acids is 1. The highest BCUT2D eigenvalue weighted by atomic mass is 16.6. The number of carbonyl (C=O) groups is 2. The minimum Gasteiger partial charge on any atom is -0.481 e. The van der Waals surface area contributed by atoms with Gasteiger partial charge >= 0.3 is 12.1 Å². The van der Waals surface area contributed by atoms with Crippen molar-refractivity contribution in [1.29, 1.82) is 0 Å². The second kappa shape index (κ2) is 7.31. The predicted molar refractivity (Wildman–Crippen MR) is 78.6 cm³/mol. The van der Waals surface area contributed by atoms with E-state index >= 15 is 0 Å². The molecule has 0 unspecified atom stereocenters. The minimum absolute atomic E-state index is 0.156. The molecule has 1 atom stereocenters. The molecule has 2 N–H and O–H groups in total. The summed E-state index contributed by atoms with van der Waals surface area (Å²) in [6.07, 6.45) is 1.81. The van der Waals surface area contributed by atoms with E-state index in [1.165, 1.54) is 0 Å². The fourth-order valence-electron chi connectivity index (χ4n) is 2.24. The van der Waals surface area contributed by atoms with Crippen molar-refractivity contribution >= 4 is 12.1 Å². The second-order valence-electron chi connectivity index (χ2n) is 6.57. The molecular formula is C15H27NO4. The van der Waals surface area contributed by atoms with Gasteiger partial charge in [0, 0.05) is 0 Å². The minimum atomic E-state index is -0.955. The van der Waals surface area contributed by atoms with Crippen LogP contribution in [0.2, 0.25) is 0 Å². The molecule has 5 heteroatoms. The quantitative estimate of drug-likeness (QED) is 0.703. The molecule has 0 saturated heterocycles. The summed E-state index contributed by atoms with van der Waals surface area (Å²) in [6, 6.07) is 0. The largest absolute Gasteiger partial charge is 0.481 e. The second-order valence-corrected chi connectivity index (χ2v) is 6.57. The van der Waals surface area contributed by atoms with Crippen molar-refractivity contribution in [3.05, 3.63) is 12.7 Å². The van der Waals surface area contributed by atoms with Gasteiger partial charge in [-0.05, 0) is 39.5 Å². The van der Waals surface area contributed by atoms with Gasteiger partial charge in [-0.1, -0.05) is 19.9 Å². The molecule has 116 valence electrons. The van der Waals surface area contributed by atoms with Gasteiger partial charge in [-0.2, -0.15) is 0 Å². The summed E-state index contributed by atoms with van der Waals surface area (Å²) in [4.78, 5) is 23.1. The molecule has 0 aromatic carbocycles. The normalized spacial score (nSPS) is 14.5. The van der Waals surface area contributed by atoms with Gasteiger partial charge < -0.3 is 15.2 Å². The number of hydrogen-bond acceptors (Lipinski definition) is 3. The molecule has 0 spiro atoms. The summed E-state index contributed by atoms with van der Waals surface area (Å²) >= 11 is 0. The van der Waals surface area contributed by atoms with Gasteiger partial charge in [-0.25, -0.2) is 4.79 Å². The standard InChI is InChI=1S/C15H27NO4/c1-7-8-15(9-11(2)3,10-12(17)18)16-13(19)20-14(4,5)6/h7,11H,1,8-10H2,2-6H3,(H,16,19)(H,17,18)/t15-/m1/s1. The smallest absolute Gasteiger partial charge is 0.408 e. The van der Waals surface area contributed by atoms with Crippen LogP contribution in [0.4, 0.5) is 4.79 Å². The van der Waals surface area contributed by atoms with Gasteiger partial charge in [-0.3, -0.25) is 4.79 Å². The van der Waals surface area contributed by atoms with Gasteiger partial charge in [0.1, 0.15) is 5.60 Å². The maximum Gasteiger partial charge on any atom is 0.408 e. The third-order valence-electron chi connectivity index (χ3n) is 2.59. The molecule has 5 nitrogen and oxygen atoms in total. The van der Waals surface area contributed by atoms with Crippen LogP contribution in [0.3, 0.4) is 0 Å². The third kappa shape index (κ3) is 7.81. The van der Waals surface area contributed by atoms with E-state index in [0.717, 1.165) is 0 Å². The molecule has 0 heterocycles. The van der Waals surface area contributed by atoms with Crippen LogP contribution >= 0.6 is 0 Å². The molecule has 0 bridgehead atoms. The van der Waals surface area contributed by atoms with Crippen LogP contribution in [0, 0.1) is 5.92 Å². The van der Waals surface area contributed by atoms with Gasteiger partial charge in [0.05, 0.1) is 12.0 Å². The number of aliphatic carboxylic acids is 1. The zero-order chi connectivity index (χ0) is 16.0. The summed E-state index contributed by atoms with van der Waals surface area (Å²) in [5, 5.41) is 11.8. The first-order chi connectivity index (χ1) is 8.99. The lowest BCUT2D eigenvalue weighted by atomic mass is 9.83. The molecular weight excluding hydrogens is 258 g/mol. The number of ether oxygens (including phenoxy) is 1. The Balaban J connectivity index is 5.10. The van der Waals surface area contributed by atoms with Crippen molar-refractivity contribution in [1.82, 2.24) is 5.32 Å². The zero-order valence-corrected chi connectivity index (χ0v) is 13.2. The lowest BCUT2D eigenvalue weighted by molar-refractivity contribution is -0.138. The number of carboxylic acid groups (broad SMARTS) is 1. The van der Waals surface area contributed by atoms with E-state index in [9.17, 15) is 9.59 Å². The van der Waals surface area contributed by atoms with Crippen molar-refractivity contribution in [3.63, 3.8) is 0 Å². The zero-order valence-electron chi connectivity index (χ0n) is 13.2. The topological polar surface area (TPSA) is 75.6 Å². The van der Waals surface area contributed by atoms with Crippen LogP contribution in [0.5, 0.6) is 0 Å². The lowest BCUT2D eigenvalue weighted by Crippen LogP contribution is -2.51. The Labute approximate surface area is 121 Å². The van der Waals surface area contributed by atoms with Gasteiger partial charge in [0.25, 0.3) is 0 Å². The summed E-state index contributed by atoms with van der Waals surface area (Å²) in [6.45, 7) is 12.9. The van der Waals surface area contributed by atoms with Crippen molar-refractivity contribution in [2.45, 2.75) is 65.0 Å². The molecule has 0 aromatic heterocycles. The highest BCUT2D eigenvalue weighted by Crippen LogP contribution is 2.26. The number of carbonyl (C=O) groups excluding carboxylic acids is 1. The Morgan fingerprint density at radius 3 is 2.25 bits per heavy atom. The number of hydrogen-bond donors (Lipinski definition) is 2. The Kier molecular flexibility index (Phi) is 6.76. The number of alkyl carbamates (subject to hydrolysis) is 1. The lowest BCUT2D eigenvalue weighted by Gasteiger charge is -2.35. The Bertz CT molecular complexity index is 357. The molecule has 20 heavy (non-hydrogen) atoms. The van der Waals surface area contributed by atoms with Crippen LogP contribution in [0.15, 0.2) is 12.7 Å². The van der Waals surface area contributed by atoms with E-state index in [1.807, 2.05) is 13.8 Å². The van der Waals surface area contributed by atoms with E-state index < -0.39 is 23.2 Å². The Morgan fingerprint density at radius 2 is 1.90 bits per heavy atom. The van der Waals surface area contributed by atoms with Crippen molar-refractivity contribution in [3.8, 4) is 0 Å². The first-order valence-corrected chi connectivity index (χ1v) is 6.83. The van der Waals surface area contributed by atoms with Gasteiger partial charge in [0.15, 0.2) is 0 Å². The van der Waals surface area contributed by atoms with E-state index in [2.05, 4.69) is 11.9 Å². The van der Waals surface area contributed by atoms with E-state index in [4.69, 9.17) is 9.84 Å². The van der Waals surface area contributed by atoms with Gasteiger partial charge in [0.2, 0.25) is 0 Å². The SMILES string of the molecule is C=CC[C@](CC(=O)O)(CC(C)C)NC(=O)OC(C)(C)C. The number of rotatable bonds is 7. The molecule has 0 aliphatic rings. The first-order valence-electron chi connectivity index (χ1n) is 6.83. The monoisotopic (exact) mass is 285 g/mol. The Morgan fingerprint density at radius 1 is 1.35 bits per heavy atom.